The van der Waals surface area contributed by atoms with Crippen molar-refractivity contribution in [2.75, 3.05) is 64.1 Å². The van der Waals surface area contributed by atoms with E-state index < -0.39 is 10.2 Å². The molecule has 0 aliphatic carbocycles. The standard InChI is InChI=1S/C26H32N8O2S2/c1-31(2)38(35,36)34-10-8-22-18(17-34)15-23(37-22)24-21-7-9-27-25(21)30-26(29-24)28-19-5-4-6-20(16-19)33-13-11-32(3)12-14-33/h4-7,9,15-16H,8,10-14,17H2,1-3H3,(H2,27,28,29,30). The fraction of sp³-hybridized carbons (Fsp3) is 0.385. The predicted molar refractivity (Wildman–Crippen MR) is 153 cm³/mol. The van der Waals surface area contributed by atoms with E-state index in [2.05, 4.69) is 51.4 Å². The summed E-state index contributed by atoms with van der Waals surface area (Å²) in [7, 11) is 1.85. The smallest absolute Gasteiger partial charge is 0.281 e. The number of piperazine rings is 1. The zero-order valence-corrected chi connectivity index (χ0v) is 23.4. The first-order valence-electron chi connectivity index (χ1n) is 12.7. The fourth-order valence-electron chi connectivity index (χ4n) is 5.01. The van der Waals surface area contributed by atoms with Gasteiger partial charge in [-0.15, -0.1) is 11.3 Å². The van der Waals surface area contributed by atoms with Crippen LogP contribution in [0.4, 0.5) is 17.3 Å². The Morgan fingerprint density at radius 1 is 1.05 bits per heavy atom. The van der Waals surface area contributed by atoms with Crippen molar-refractivity contribution in [1.82, 2.24) is 28.5 Å². The van der Waals surface area contributed by atoms with Crippen molar-refractivity contribution in [2.45, 2.75) is 13.0 Å². The number of nitrogens with one attached hydrogen (secondary N) is 2. The van der Waals surface area contributed by atoms with Gasteiger partial charge in [-0.3, -0.25) is 0 Å². The second-order valence-corrected chi connectivity index (χ2v) is 13.3. The zero-order valence-electron chi connectivity index (χ0n) is 21.8. The molecule has 1 saturated heterocycles. The van der Waals surface area contributed by atoms with Gasteiger partial charge >= 0.3 is 0 Å². The van der Waals surface area contributed by atoms with Crippen molar-refractivity contribution in [3.63, 3.8) is 0 Å². The molecule has 2 aliphatic heterocycles. The molecule has 6 rings (SSSR count). The largest absolute Gasteiger partial charge is 0.369 e. The Balaban J connectivity index is 1.29. The van der Waals surface area contributed by atoms with E-state index in [1.165, 1.54) is 19.2 Å². The molecule has 12 heteroatoms. The van der Waals surface area contributed by atoms with Crippen molar-refractivity contribution in [1.29, 1.82) is 0 Å². The van der Waals surface area contributed by atoms with Crippen LogP contribution in [-0.2, 0) is 23.2 Å². The van der Waals surface area contributed by atoms with Crippen molar-refractivity contribution in [2.24, 2.45) is 0 Å². The minimum absolute atomic E-state index is 0.373. The van der Waals surface area contributed by atoms with Gasteiger partial charge in [-0.1, -0.05) is 6.07 Å². The van der Waals surface area contributed by atoms with Gasteiger partial charge in [-0.2, -0.15) is 22.0 Å². The molecule has 1 aromatic carbocycles. The highest BCUT2D eigenvalue weighted by molar-refractivity contribution is 7.86. The Labute approximate surface area is 227 Å². The molecule has 0 unspecified atom stereocenters. The normalized spacial score (nSPS) is 17.3. The summed E-state index contributed by atoms with van der Waals surface area (Å²) in [4.78, 5) is 19.9. The van der Waals surface area contributed by atoms with E-state index in [1.54, 1.807) is 25.4 Å². The lowest BCUT2D eigenvalue weighted by atomic mass is 10.1. The number of aromatic amines is 1. The maximum Gasteiger partial charge on any atom is 0.281 e. The van der Waals surface area contributed by atoms with E-state index in [9.17, 15) is 8.42 Å². The first kappa shape index (κ1) is 25.3. The van der Waals surface area contributed by atoms with Crippen LogP contribution < -0.4 is 10.2 Å². The molecule has 200 valence electrons. The Kier molecular flexibility index (Phi) is 6.60. The molecule has 2 N–H and O–H groups in total. The van der Waals surface area contributed by atoms with E-state index in [-0.39, 0.29) is 0 Å². The second kappa shape index (κ2) is 9.93. The quantitative estimate of drug-likeness (QED) is 0.378. The molecule has 5 heterocycles. The van der Waals surface area contributed by atoms with Crippen molar-refractivity contribution >= 4 is 49.9 Å². The lowest BCUT2D eigenvalue weighted by molar-refractivity contribution is 0.313. The molecule has 2 aliphatic rings. The van der Waals surface area contributed by atoms with Crippen LogP contribution in [0.5, 0.6) is 0 Å². The van der Waals surface area contributed by atoms with E-state index in [0.29, 0.717) is 25.5 Å². The molecule has 38 heavy (non-hydrogen) atoms. The zero-order chi connectivity index (χ0) is 26.4. The van der Waals surface area contributed by atoms with Crippen LogP contribution >= 0.6 is 11.3 Å². The number of rotatable bonds is 6. The number of hydrogen-bond donors (Lipinski definition) is 2. The average Bonchev–Trinajstić information content (AvgIpc) is 3.55. The molecule has 0 bridgehead atoms. The summed E-state index contributed by atoms with van der Waals surface area (Å²) in [5.41, 5.74) is 4.77. The number of nitrogens with zero attached hydrogens (tertiary/aromatic N) is 6. The highest BCUT2D eigenvalue weighted by atomic mass is 32.2. The summed E-state index contributed by atoms with van der Waals surface area (Å²) < 4.78 is 28.2. The number of thiophene rings is 1. The van der Waals surface area contributed by atoms with Gasteiger partial charge in [-0.25, -0.2) is 4.98 Å². The SMILES string of the molecule is CN1CCN(c2cccc(Nc3nc(-c4cc5c(s4)CCN(S(=O)(=O)N(C)C)C5)c4cc[nH]c4n3)c2)CC1. The first-order chi connectivity index (χ1) is 18.3. The van der Waals surface area contributed by atoms with Gasteiger partial charge in [0, 0.05) is 81.2 Å². The van der Waals surface area contributed by atoms with E-state index >= 15 is 0 Å². The van der Waals surface area contributed by atoms with Crippen LogP contribution in [0.3, 0.4) is 0 Å². The van der Waals surface area contributed by atoms with Crippen molar-refractivity contribution in [3.8, 4) is 10.6 Å². The van der Waals surface area contributed by atoms with E-state index in [4.69, 9.17) is 9.97 Å². The monoisotopic (exact) mass is 552 g/mol. The lowest BCUT2D eigenvalue weighted by Gasteiger charge is -2.34. The number of H-pyrrole nitrogens is 1. The van der Waals surface area contributed by atoms with Crippen LogP contribution in [0.15, 0.2) is 42.6 Å². The third-order valence-electron chi connectivity index (χ3n) is 7.24. The molecule has 0 amide bonds. The van der Waals surface area contributed by atoms with Crippen LogP contribution in [-0.4, -0.2) is 90.7 Å². The van der Waals surface area contributed by atoms with Crippen LogP contribution in [0.2, 0.25) is 0 Å². The molecule has 0 spiro atoms. The Morgan fingerprint density at radius 2 is 1.87 bits per heavy atom. The maximum atomic E-state index is 12.7. The van der Waals surface area contributed by atoms with Gasteiger partial charge in [0.15, 0.2) is 0 Å². The van der Waals surface area contributed by atoms with E-state index in [0.717, 1.165) is 59.0 Å². The highest BCUT2D eigenvalue weighted by Crippen LogP contribution is 2.38. The summed E-state index contributed by atoms with van der Waals surface area (Å²) in [5.74, 6) is 0.522. The summed E-state index contributed by atoms with van der Waals surface area (Å²) in [5, 5.41) is 4.36. The molecular weight excluding hydrogens is 520 g/mol. The highest BCUT2D eigenvalue weighted by Gasteiger charge is 2.30. The van der Waals surface area contributed by atoms with Crippen LogP contribution in [0.25, 0.3) is 21.6 Å². The van der Waals surface area contributed by atoms with Gasteiger partial charge in [0.2, 0.25) is 5.95 Å². The number of fused-ring (bicyclic) bond motifs is 2. The summed E-state index contributed by atoms with van der Waals surface area (Å²) in [6.07, 6.45) is 2.57. The summed E-state index contributed by atoms with van der Waals surface area (Å²) in [6.45, 7) is 4.97. The average molecular weight is 553 g/mol. The van der Waals surface area contributed by atoms with Gasteiger partial charge in [0.1, 0.15) is 5.65 Å². The number of anilines is 3. The Bertz CT molecular complexity index is 1570. The molecule has 1 fully saturated rings. The third-order valence-corrected chi connectivity index (χ3v) is 10.4. The Morgan fingerprint density at radius 3 is 2.66 bits per heavy atom. The lowest BCUT2D eigenvalue weighted by Crippen LogP contribution is -2.44. The molecule has 3 aromatic heterocycles. The van der Waals surface area contributed by atoms with Crippen LogP contribution in [0.1, 0.15) is 10.4 Å². The molecule has 0 radical (unpaired) electrons. The van der Waals surface area contributed by atoms with Gasteiger partial charge in [0.05, 0.1) is 10.6 Å². The number of aromatic nitrogens is 3. The topological polar surface area (TPSA) is 101 Å². The summed E-state index contributed by atoms with van der Waals surface area (Å²) in [6, 6.07) is 12.5. The minimum atomic E-state index is -3.45. The van der Waals surface area contributed by atoms with Gasteiger partial charge < -0.3 is 20.1 Å². The van der Waals surface area contributed by atoms with Crippen molar-refractivity contribution < 1.29 is 8.42 Å². The number of benzene rings is 1. The molecule has 0 atom stereocenters. The molecule has 0 saturated carbocycles. The number of hydrogen-bond acceptors (Lipinski definition) is 8. The van der Waals surface area contributed by atoms with Gasteiger partial charge in [-0.05, 0) is 49.4 Å². The fourth-order valence-corrected chi connectivity index (χ4v) is 7.26. The second-order valence-electron chi connectivity index (χ2n) is 10.0. The molecular formula is C26H32N8O2S2. The van der Waals surface area contributed by atoms with Crippen LogP contribution in [0, 0.1) is 0 Å². The molecule has 4 aromatic rings. The molecule has 10 nitrogen and oxygen atoms in total. The van der Waals surface area contributed by atoms with Gasteiger partial charge in [0.25, 0.3) is 10.2 Å². The predicted octanol–water partition coefficient (Wildman–Crippen LogP) is 3.35. The van der Waals surface area contributed by atoms with Crippen molar-refractivity contribution in [3.05, 3.63) is 53.0 Å². The summed E-state index contributed by atoms with van der Waals surface area (Å²) >= 11 is 1.69. The maximum absolute atomic E-state index is 12.7. The third kappa shape index (κ3) is 4.78. The number of likely N-dealkylation sites (N-methyl/N-ethyl adjacent to an activating group) is 1. The Hall–Kier alpha value is -3.03. The first-order valence-corrected chi connectivity index (χ1v) is 14.9. The minimum Gasteiger partial charge on any atom is -0.369 e. The van der Waals surface area contributed by atoms with E-state index in [1.807, 2.05) is 18.3 Å².